The van der Waals surface area contributed by atoms with Crippen molar-refractivity contribution >= 4 is 11.8 Å². The van der Waals surface area contributed by atoms with E-state index in [4.69, 9.17) is 9.47 Å². The average Bonchev–Trinajstić information content (AvgIpc) is 3.24. The third kappa shape index (κ3) is 5.49. The van der Waals surface area contributed by atoms with E-state index in [0.29, 0.717) is 17.9 Å². The zero-order chi connectivity index (χ0) is 19.8. The quantitative estimate of drug-likeness (QED) is 0.736. The zero-order valence-corrected chi connectivity index (χ0v) is 16.1. The molecule has 148 valence electrons. The summed E-state index contributed by atoms with van der Waals surface area (Å²) >= 11 is 0. The number of ether oxygens (including phenoxy) is 2. The minimum Gasteiger partial charge on any atom is -0.497 e. The van der Waals surface area contributed by atoms with Gasteiger partial charge in [-0.05, 0) is 56.0 Å². The van der Waals surface area contributed by atoms with Crippen LogP contribution >= 0.6 is 0 Å². The Bertz CT molecular complexity index is 798. The maximum absolute atomic E-state index is 12.1. The number of amides is 2. The molecule has 1 fully saturated rings. The lowest BCUT2D eigenvalue weighted by molar-refractivity contribution is -0.120. The lowest BCUT2D eigenvalue weighted by Gasteiger charge is -2.17. The maximum atomic E-state index is 12.1. The number of rotatable bonds is 8. The van der Waals surface area contributed by atoms with Crippen molar-refractivity contribution in [3.05, 3.63) is 59.7 Å². The smallest absolute Gasteiger partial charge is 0.251 e. The second-order valence-corrected chi connectivity index (χ2v) is 6.82. The molecule has 3 rings (SSSR count). The van der Waals surface area contributed by atoms with E-state index in [1.807, 2.05) is 24.3 Å². The van der Waals surface area contributed by atoms with Gasteiger partial charge in [0, 0.05) is 17.7 Å². The van der Waals surface area contributed by atoms with Crippen molar-refractivity contribution in [2.45, 2.75) is 38.3 Å². The predicted octanol–water partition coefficient (Wildman–Crippen LogP) is 3.06. The molecular weight excluding hydrogens is 356 g/mol. The highest BCUT2D eigenvalue weighted by Gasteiger charge is 2.18. The second kappa shape index (κ2) is 9.78. The molecule has 0 aromatic heterocycles. The Hall–Kier alpha value is -3.02. The molecule has 2 amide bonds. The fourth-order valence-electron chi connectivity index (χ4n) is 3.21. The van der Waals surface area contributed by atoms with Gasteiger partial charge in [0.05, 0.1) is 19.8 Å². The number of benzene rings is 2. The highest BCUT2D eigenvalue weighted by Crippen LogP contribution is 2.26. The summed E-state index contributed by atoms with van der Waals surface area (Å²) in [7, 11) is 1.57. The minimum atomic E-state index is -0.303. The van der Waals surface area contributed by atoms with Crippen LogP contribution in [0.1, 0.15) is 41.6 Å². The second-order valence-electron chi connectivity index (χ2n) is 6.82. The van der Waals surface area contributed by atoms with Gasteiger partial charge < -0.3 is 20.1 Å². The molecule has 1 aliphatic carbocycles. The van der Waals surface area contributed by atoms with Crippen molar-refractivity contribution in [1.29, 1.82) is 0 Å². The van der Waals surface area contributed by atoms with Crippen LogP contribution in [0.15, 0.2) is 48.5 Å². The largest absolute Gasteiger partial charge is 0.497 e. The molecular formula is C22H26N2O4. The first-order chi connectivity index (χ1) is 13.7. The van der Waals surface area contributed by atoms with Gasteiger partial charge in [0.15, 0.2) is 0 Å². The van der Waals surface area contributed by atoms with E-state index in [1.165, 1.54) is 12.8 Å². The summed E-state index contributed by atoms with van der Waals surface area (Å²) in [5, 5.41) is 5.46. The molecule has 0 heterocycles. The van der Waals surface area contributed by atoms with Gasteiger partial charge >= 0.3 is 0 Å². The van der Waals surface area contributed by atoms with Crippen LogP contribution < -0.4 is 20.1 Å². The third-order valence-corrected chi connectivity index (χ3v) is 4.81. The Balaban J connectivity index is 1.47. The number of carbonyl (C=O) groups is 2. The predicted molar refractivity (Wildman–Crippen MR) is 106 cm³/mol. The van der Waals surface area contributed by atoms with E-state index in [2.05, 4.69) is 10.6 Å². The van der Waals surface area contributed by atoms with Crippen LogP contribution in [0.5, 0.6) is 11.5 Å². The molecule has 6 nitrogen and oxygen atoms in total. The van der Waals surface area contributed by atoms with Crippen LogP contribution in [-0.4, -0.2) is 31.6 Å². The summed E-state index contributed by atoms with van der Waals surface area (Å²) in [6.07, 6.45) is 4.84. The maximum Gasteiger partial charge on any atom is 0.251 e. The van der Waals surface area contributed by atoms with Gasteiger partial charge in [-0.3, -0.25) is 9.59 Å². The fraction of sp³-hybridized carbons (Fsp3) is 0.364. The Kier molecular flexibility index (Phi) is 6.89. The molecule has 28 heavy (non-hydrogen) atoms. The molecule has 1 saturated carbocycles. The third-order valence-electron chi connectivity index (χ3n) is 4.81. The summed E-state index contributed by atoms with van der Waals surface area (Å²) in [6, 6.07) is 14.5. The molecule has 2 aromatic rings. The molecule has 6 heteroatoms. The van der Waals surface area contributed by atoms with Crippen molar-refractivity contribution in [3.8, 4) is 11.5 Å². The molecule has 0 aliphatic heterocycles. The Labute approximate surface area is 165 Å². The molecule has 0 radical (unpaired) electrons. The lowest BCUT2D eigenvalue weighted by Crippen LogP contribution is -2.36. The molecule has 2 N–H and O–H groups in total. The number of hydrogen-bond donors (Lipinski definition) is 2. The van der Waals surface area contributed by atoms with Gasteiger partial charge in [-0.15, -0.1) is 0 Å². The van der Waals surface area contributed by atoms with Crippen LogP contribution in [0.4, 0.5) is 0 Å². The highest BCUT2D eigenvalue weighted by atomic mass is 16.5. The molecule has 0 unspecified atom stereocenters. The number of carbonyl (C=O) groups excluding carboxylic acids is 2. The highest BCUT2D eigenvalue weighted by molar-refractivity contribution is 5.96. The Morgan fingerprint density at radius 2 is 1.71 bits per heavy atom. The molecule has 0 atom stereocenters. The molecule has 0 spiro atoms. The van der Waals surface area contributed by atoms with Crippen LogP contribution in [-0.2, 0) is 11.3 Å². The summed E-state index contributed by atoms with van der Waals surface area (Å²) in [4.78, 5) is 24.2. The van der Waals surface area contributed by atoms with Crippen molar-refractivity contribution in [1.82, 2.24) is 10.6 Å². The van der Waals surface area contributed by atoms with Crippen LogP contribution in [0.3, 0.4) is 0 Å². The van der Waals surface area contributed by atoms with E-state index >= 15 is 0 Å². The monoisotopic (exact) mass is 382 g/mol. The Morgan fingerprint density at radius 1 is 1.00 bits per heavy atom. The molecule has 2 aromatic carbocycles. The van der Waals surface area contributed by atoms with Gasteiger partial charge in [0.1, 0.15) is 11.5 Å². The van der Waals surface area contributed by atoms with E-state index in [9.17, 15) is 9.59 Å². The number of nitrogens with one attached hydrogen (secondary N) is 2. The first-order valence-corrected chi connectivity index (χ1v) is 9.59. The summed E-state index contributed by atoms with van der Waals surface area (Å²) in [5.41, 5.74) is 1.41. The van der Waals surface area contributed by atoms with Gasteiger partial charge in [-0.2, -0.15) is 0 Å². The van der Waals surface area contributed by atoms with Crippen molar-refractivity contribution in [2.75, 3.05) is 13.7 Å². The topological polar surface area (TPSA) is 76.7 Å². The van der Waals surface area contributed by atoms with Crippen molar-refractivity contribution in [2.24, 2.45) is 0 Å². The zero-order valence-electron chi connectivity index (χ0n) is 16.1. The SMILES string of the molecule is COc1ccc(C(=O)NCC(=O)NCc2ccccc2OC2CCCC2)cc1. The summed E-state index contributed by atoms with van der Waals surface area (Å²) < 4.78 is 11.1. The number of hydrogen-bond acceptors (Lipinski definition) is 4. The van der Waals surface area contributed by atoms with Gasteiger partial charge in [0.25, 0.3) is 5.91 Å². The first-order valence-electron chi connectivity index (χ1n) is 9.59. The van der Waals surface area contributed by atoms with Crippen molar-refractivity contribution < 1.29 is 19.1 Å². The molecule has 0 bridgehead atoms. The van der Waals surface area contributed by atoms with Crippen molar-refractivity contribution in [3.63, 3.8) is 0 Å². The van der Waals surface area contributed by atoms with Gasteiger partial charge in [0.2, 0.25) is 5.91 Å². The first kappa shape index (κ1) is 19.7. The molecule has 1 aliphatic rings. The average molecular weight is 382 g/mol. The van der Waals surface area contributed by atoms with E-state index < -0.39 is 0 Å². The van der Waals surface area contributed by atoms with Gasteiger partial charge in [-0.25, -0.2) is 0 Å². The van der Waals surface area contributed by atoms with E-state index in [-0.39, 0.29) is 24.5 Å². The summed E-state index contributed by atoms with van der Waals surface area (Å²) in [5.74, 6) is 0.935. The van der Waals surface area contributed by atoms with E-state index in [0.717, 1.165) is 24.2 Å². The number of methoxy groups -OCH3 is 1. The van der Waals surface area contributed by atoms with E-state index in [1.54, 1.807) is 31.4 Å². The van der Waals surface area contributed by atoms with Crippen LogP contribution in [0.25, 0.3) is 0 Å². The lowest BCUT2D eigenvalue weighted by atomic mass is 10.2. The van der Waals surface area contributed by atoms with Crippen LogP contribution in [0.2, 0.25) is 0 Å². The minimum absolute atomic E-state index is 0.0868. The molecule has 0 saturated heterocycles. The standard InChI is InChI=1S/C22H26N2O4/c1-27-18-12-10-16(11-13-18)22(26)24-15-21(25)23-14-17-6-2-5-9-20(17)28-19-7-3-4-8-19/h2,5-6,9-13,19H,3-4,7-8,14-15H2,1H3,(H,23,25)(H,24,26). The van der Waals surface area contributed by atoms with Crippen LogP contribution in [0, 0.1) is 0 Å². The normalized spacial score (nSPS) is 13.8. The number of para-hydroxylation sites is 1. The fourth-order valence-corrected chi connectivity index (χ4v) is 3.21. The Morgan fingerprint density at radius 3 is 2.43 bits per heavy atom. The summed E-state index contributed by atoms with van der Waals surface area (Å²) in [6.45, 7) is 0.274. The van der Waals surface area contributed by atoms with Gasteiger partial charge in [-0.1, -0.05) is 18.2 Å².